The molecule has 2 N–H and O–H groups in total. The molecule has 0 aliphatic carbocycles. The van der Waals surface area contributed by atoms with Crippen molar-refractivity contribution in [2.75, 3.05) is 5.84 Å². The second-order valence-electron chi connectivity index (χ2n) is 4.35. The lowest BCUT2D eigenvalue weighted by Crippen LogP contribution is -2.30. The molecule has 2 heterocycles. The van der Waals surface area contributed by atoms with Gasteiger partial charge in [0.25, 0.3) is 5.56 Å². The molecule has 19 heavy (non-hydrogen) atoms. The molecular formula is C14H12N4O. The third-order valence-electron chi connectivity index (χ3n) is 2.99. The zero-order chi connectivity index (χ0) is 13.4. The Balaban J connectivity index is 2.33. The molecule has 2 aromatic heterocycles. The lowest BCUT2D eigenvalue weighted by molar-refractivity contribution is 0.922. The van der Waals surface area contributed by atoms with E-state index in [0.717, 1.165) is 15.8 Å². The summed E-state index contributed by atoms with van der Waals surface area (Å²) in [6.45, 7) is 1.99. The third kappa shape index (κ3) is 1.85. The fraction of sp³-hybridized carbons (Fsp3) is 0.0714. The summed E-state index contributed by atoms with van der Waals surface area (Å²) in [4.78, 5) is 20.6. The molecule has 5 heteroatoms. The van der Waals surface area contributed by atoms with Gasteiger partial charge in [-0.2, -0.15) is 0 Å². The van der Waals surface area contributed by atoms with E-state index in [1.54, 1.807) is 18.3 Å². The number of aromatic nitrogens is 3. The molecule has 0 aliphatic rings. The lowest BCUT2D eigenvalue weighted by Gasteiger charge is -2.08. The molecule has 0 atom stereocenters. The Kier molecular flexibility index (Phi) is 2.52. The van der Waals surface area contributed by atoms with Crippen LogP contribution < -0.4 is 11.4 Å². The molecule has 0 aliphatic heterocycles. The van der Waals surface area contributed by atoms with Crippen LogP contribution in [0.2, 0.25) is 0 Å². The largest absolute Gasteiger partial charge is 0.334 e. The fourth-order valence-electron chi connectivity index (χ4n) is 1.94. The van der Waals surface area contributed by atoms with Crippen molar-refractivity contribution in [3.8, 4) is 11.4 Å². The van der Waals surface area contributed by atoms with Gasteiger partial charge in [-0.1, -0.05) is 29.8 Å². The Labute approximate surface area is 109 Å². The van der Waals surface area contributed by atoms with Crippen LogP contribution in [-0.2, 0) is 0 Å². The highest BCUT2D eigenvalue weighted by Gasteiger charge is 2.10. The molecule has 0 amide bonds. The van der Waals surface area contributed by atoms with Crippen LogP contribution in [0.3, 0.4) is 0 Å². The first-order chi connectivity index (χ1) is 9.16. The van der Waals surface area contributed by atoms with Crippen LogP contribution in [-0.4, -0.2) is 14.6 Å². The number of nitrogens with zero attached hydrogens (tertiary/aromatic N) is 3. The second-order valence-corrected chi connectivity index (χ2v) is 4.35. The van der Waals surface area contributed by atoms with Crippen LogP contribution in [0.1, 0.15) is 5.56 Å². The van der Waals surface area contributed by atoms with Gasteiger partial charge in [-0.05, 0) is 19.1 Å². The zero-order valence-electron chi connectivity index (χ0n) is 10.4. The number of hydrogen-bond donors (Lipinski definition) is 1. The Morgan fingerprint density at radius 2 is 1.89 bits per heavy atom. The molecule has 5 nitrogen and oxygen atoms in total. The van der Waals surface area contributed by atoms with Crippen molar-refractivity contribution in [2.24, 2.45) is 0 Å². The van der Waals surface area contributed by atoms with Crippen LogP contribution >= 0.6 is 0 Å². The Hall–Kier alpha value is -2.69. The van der Waals surface area contributed by atoms with E-state index in [2.05, 4.69) is 9.97 Å². The van der Waals surface area contributed by atoms with Crippen molar-refractivity contribution in [1.82, 2.24) is 14.6 Å². The van der Waals surface area contributed by atoms with Crippen molar-refractivity contribution < 1.29 is 0 Å². The number of nitrogen functional groups attached to an aromatic ring is 1. The Morgan fingerprint density at radius 3 is 2.63 bits per heavy atom. The van der Waals surface area contributed by atoms with Gasteiger partial charge >= 0.3 is 0 Å². The van der Waals surface area contributed by atoms with Crippen LogP contribution in [0.25, 0.3) is 22.4 Å². The third-order valence-corrected chi connectivity index (χ3v) is 2.99. The molecule has 0 bridgehead atoms. The number of rotatable bonds is 1. The molecule has 3 aromatic rings. The van der Waals surface area contributed by atoms with Gasteiger partial charge in [0.05, 0.1) is 5.39 Å². The highest BCUT2D eigenvalue weighted by atomic mass is 16.1. The van der Waals surface area contributed by atoms with Crippen molar-refractivity contribution in [1.29, 1.82) is 0 Å². The summed E-state index contributed by atoms with van der Waals surface area (Å²) in [5.41, 5.74) is 2.03. The standard InChI is InChI=1S/C14H12N4O/c1-9-4-6-10(7-5-9)13-17-12-11(3-2-8-16-12)14(19)18(13)15/h2-8H,15H2,1H3. The molecule has 0 spiro atoms. The highest BCUT2D eigenvalue weighted by molar-refractivity contribution is 5.75. The van der Waals surface area contributed by atoms with Gasteiger partial charge in [-0.15, -0.1) is 0 Å². The summed E-state index contributed by atoms with van der Waals surface area (Å²) in [6.07, 6.45) is 1.61. The van der Waals surface area contributed by atoms with Gasteiger partial charge in [-0.3, -0.25) is 4.79 Å². The monoisotopic (exact) mass is 252 g/mol. The summed E-state index contributed by atoms with van der Waals surface area (Å²) in [5.74, 6) is 6.25. The van der Waals surface area contributed by atoms with Crippen molar-refractivity contribution in [2.45, 2.75) is 6.92 Å². The first kappa shape index (κ1) is 11.4. The maximum absolute atomic E-state index is 12.1. The highest BCUT2D eigenvalue weighted by Crippen LogP contribution is 2.16. The maximum Gasteiger partial charge on any atom is 0.281 e. The van der Waals surface area contributed by atoms with Gasteiger partial charge < -0.3 is 5.84 Å². The van der Waals surface area contributed by atoms with Gasteiger partial charge in [0, 0.05) is 11.8 Å². The van der Waals surface area contributed by atoms with Gasteiger partial charge in [-0.25, -0.2) is 14.6 Å². The molecular weight excluding hydrogens is 240 g/mol. The van der Waals surface area contributed by atoms with Crippen LogP contribution in [0.15, 0.2) is 47.4 Å². The Bertz CT molecular complexity index is 806. The minimum Gasteiger partial charge on any atom is -0.334 e. The maximum atomic E-state index is 12.1. The van der Waals surface area contributed by atoms with E-state index >= 15 is 0 Å². The molecule has 0 fully saturated rings. The molecule has 0 saturated heterocycles. The smallest absolute Gasteiger partial charge is 0.281 e. The van der Waals surface area contributed by atoms with Crippen LogP contribution in [0.5, 0.6) is 0 Å². The van der Waals surface area contributed by atoms with Gasteiger partial charge in [0.2, 0.25) is 0 Å². The average Bonchev–Trinajstić information content (AvgIpc) is 2.44. The molecule has 0 unspecified atom stereocenters. The van der Waals surface area contributed by atoms with E-state index in [9.17, 15) is 4.79 Å². The van der Waals surface area contributed by atoms with E-state index in [0.29, 0.717) is 16.9 Å². The minimum absolute atomic E-state index is 0.298. The minimum atomic E-state index is -0.298. The number of aryl methyl sites for hydroxylation is 1. The molecule has 0 saturated carbocycles. The number of nitrogens with two attached hydrogens (primary N) is 1. The van der Waals surface area contributed by atoms with Crippen molar-refractivity contribution in [3.05, 3.63) is 58.5 Å². The molecule has 1 aromatic carbocycles. The zero-order valence-corrected chi connectivity index (χ0v) is 10.4. The number of pyridine rings is 1. The summed E-state index contributed by atoms with van der Waals surface area (Å²) in [5, 5.41) is 0.417. The predicted octanol–water partition coefficient (Wildman–Crippen LogP) is 1.48. The van der Waals surface area contributed by atoms with Crippen molar-refractivity contribution in [3.63, 3.8) is 0 Å². The number of fused-ring (bicyclic) bond motifs is 1. The van der Waals surface area contributed by atoms with E-state index in [1.165, 1.54) is 0 Å². The van der Waals surface area contributed by atoms with Crippen molar-refractivity contribution >= 4 is 11.0 Å². The van der Waals surface area contributed by atoms with Gasteiger partial charge in [0.15, 0.2) is 11.5 Å². The number of benzene rings is 1. The topological polar surface area (TPSA) is 73.8 Å². The predicted molar refractivity (Wildman–Crippen MR) is 74.1 cm³/mol. The molecule has 0 radical (unpaired) electrons. The SMILES string of the molecule is Cc1ccc(-c2nc3ncccc3c(=O)n2N)cc1. The second kappa shape index (κ2) is 4.20. The van der Waals surface area contributed by atoms with E-state index in [1.807, 2.05) is 31.2 Å². The first-order valence-electron chi connectivity index (χ1n) is 5.87. The van der Waals surface area contributed by atoms with E-state index in [4.69, 9.17) is 5.84 Å². The summed E-state index contributed by atoms with van der Waals surface area (Å²) in [7, 11) is 0. The van der Waals surface area contributed by atoms with Crippen LogP contribution in [0, 0.1) is 6.92 Å². The van der Waals surface area contributed by atoms with Crippen LogP contribution in [0.4, 0.5) is 0 Å². The van der Waals surface area contributed by atoms with Gasteiger partial charge in [0.1, 0.15) is 0 Å². The normalized spacial score (nSPS) is 10.8. The average molecular weight is 252 g/mol. The summed E-state index contributed by atoms with van der Waals surface area (Å²) >= 11 is 0. The van der Waals surface area contributed by atoms with E-state index in [-0.39, 0.29) is 5.56 Å². The quantitative estimate of drug-likeness (QED) is 0.666. The summed E-state index contributed by atoms with van der Waals surface area (Å²) in [6, 6.07) is 11.0. The molecule has 3 rings (SSSR count). The summed E-state index contributed by atoms with van der Waals surface area (Å²) < 4.78 is 1.06. The Morgan fingerprint density at radius 1 is 1.16 bits per heavy atom. The number of hydrogen-bond acceptors (Lipinski definition) is 4. The molecule has 94 valence electrons. The fourth-order valence-corrected chi connectivity index (χ4v) is 1.94. The first-order valence-corrected chi connectivity index (χ1v) is 5.87. The van der Waals surface area contributed by atoms with E-state index < -0.39 is 0 Å². The lowest BCUT2D eigenvalue weighted by atomic mass is 10.1.